The van der Waals surface area contributed by atoms with Crippen LogP contribution in [-0.4, -0.2) is 32.7 Å². The highest BCUT2D eigenvalue weighted by Crippen LogP contribution is 2.23. The first-order chi connectivity index (χ1) is 11.9. The second-order valence-electron chi connectivity index (χ2n) is 6.17. The van der Waals surface area contributed by atoms with Crippen molar-refractivity contribution in [3.05, 3.63) is 39.9 Å². The topological polar surface area (TPSA) is 113 Å². The Hall–Kier alpha value is -2.74. The molecule has 1 aromatic carbocycles. The van der Waals surface area contributed by atoms with Crippen molar-refractivity contribution in [2.24, 2.45) is 0 Å². The summed E-state index contributed by atoms with van der Waals surface area (Å²) in [7, 11) is 0. The number of carbonyl (C=O) groups is 2. The molecule has 0 aliphatic carbocycles. The number of piperidine rings is 1. The Kier molecular flexibility index (Phi) is 4.54. The summed E-state index contributed by atoms with van der Waals surface area (Å²) in [5.41, 5.74) is 0.910. The molecular weight excluding hydrogens is 324 g/mol. The molecule has 8 heteroatoms. The third kappa shape index (κ3) is 3.25. The van der Waals surface area contributed by atoms with Gasteiger partial charge in [0.15, 0.2) is 0 Å². The maximum absolute atomic E-state index is 13.1. The van der Waals surface area contributed by atoms with Crippen LogP contribution in [-0.2, 0) is 16.1 Å². The predicted octanol–water partition coefficient (Wildman–Crippen LogP) is 0.111. The van der Waals surface area contributed by atoms with Gasteiger partial charge in [-0.2, -0.15) is 0 Å². The summed E-state index contributed by atoms with van der Waals surface area (Å²) in [4.78, 5) is 40.2. The van der Waals surface area contributed by atoms with Gasteiger partial charge in [-0.3, -0.25) is 19.0 Å². The summed E-state index contributed by atoms with van der Waals surface area (Å²) in [6.07, 6.45) is -0.548. The number of hydrogen-bond donors (Lipinski definition) is 3. The van der Waals surface area contributed by atoms with Crippen LogP contribution in [0.5, 0.6) is 0 Å². The number of nitrogens with zero attached hydrogens (tertiary/aromatic N) is 2. The van der Waals surface area contributed by atoms with E-state index in [2.05, 4.69) is 15.6 Å². The van der Waals surface area contributed by atoms with Gasteiger partial charge in [0.2, 0.25) is 11.8 Å². The van der Waals surface area contributed by atoms with Crippen LogP contribution in [0.15, 0.2) is 23.0 Å². The van der Waals surface area contributed by atoms with Crippen molar-refractivity contribution in [1.82, 2.24) is 20.2 Å². The van der Waals surface area contributed by atoms with E-state index in [1.54, 1.807) is 25.1 Å². The van der Waals surface area contributed by atoms with Crippen LogP contribution in [0.25, 0.3) is 10.9 Å². The lowest BCUT2D eigenvalue weighted by Gasteiger charge is -2.31. The van der Waals surface area contributed by atoms with Gasteiger partial charge >= 0.3 is 0 Å². The number of amides is 2. The molecule has 0 saturated carbocycles. The largest absolute Gasteiger partial charge is 0.372 e. The molecule has 0 radical (unpaired) electrons. The lowest BCUT2D eigenvalue weighted by atomic mass is 10.0. The number of aryl methyl sites for hydroxylation is 1. The van der Waals surface area contributed by atoms with Crippen LogP contribution < -0.4 is 16.2 Å². The first kappa shape index (κ1) is 17.1. The number of benzene rings is 1. The molecule has 0 bridgehead atoms. The zero-order valence-electron chi connectivity index (χ0n) is 14.1. The van der Waals surface area contributed by atoms with Crippen molar-refractivity contribution in [3.63, 3.8) is 0 Å². The van der Waals surface area contributed by atoms with Crippen molar-refractivity contribution in [3.8, 4) is 0 Å². The Bertz CT molecular complexity index is 905. The average Bonchev–Trinajstić information content (AvgIpc) is 2.54. The van der Waals surface area contributed by atoms with Gasteiger partial charge in [-0.25, -0.2) is 4.98 Å². The first-order valence-electron chi connectivity index (χ1n) is 8.11. The molecular formula is C17H20N4O4. The highest BCUT2D eigenvalue weighted by atomic mass is 16.3. The fraction of sp³-hybridized carbons (Fsp3) is 0.412. The van der Waals surface area contributed by atoms with Crippen LogP contribution in [0.3, 0.4) is 0 Å². The van der Waals surface area contributed by atoms with Crippen molar-refractivity contribution in [2.45, 2.75) is 45.5 Å². The fourth-order valence-corrected chi connectivity index (χ4v) is 3.22. The molecule has 1 aliphatic rings. The Morgan fingerprint density at radius 1 is 1.44 bits per heavy atom. The van der Waals surface area contributed by atoms with Crippen LogP contribution in [0.2, 0.25) is 0 Å². The van der Waals surface area contributed by atoms with Gasteiger partial charge in [0.1, 0.15) is 12.1 Å². The van der Waals surface area contributed by atoms with Crippen molar-refractivity contribution in [2.75, 3.05) is 0 Å². The SMILES string of the molecule is CC(=O)NCc1cccc2nc(C)n(C3CCC(=O)NC3O)c(=O)c12. The van der Waals surface area contributed by atoms with Gasteiger partial charge in [-0.1, -0.05) is 12.1 Å². The molecule has 2 heterocycles. The molecule has 1 saturated heterocycles. The highest BCUT2D eigenvalue weighted by Gasteiger charge is 2.30. The van der Waals surface area contributed by atoms with Gasteiger partial charge in [0.05, 0.1) is 16.9 Å². The maximum Gasteiger partial charge on any atom is 0.262 e. The summed E-state index contributed by atoms with van der Waals surface area (Å²) in [5, 5.41) is 15.7. The predicted molar refractivity (Wildman–Crippen MR) is 90.7 cm³/mol. The van der Waals surface area contributed by atoms with Gasteiger partial charge in [-0.15, -0.1) is 0 Å². The van der Waals surface area contributed by atoms with Gasteiger partial charge < -0.3 is 15.7 Å². The second kappa shape index (κ2) is 6.64. The van der Waals surface area contributed by atoms with Crippen LogP contribution in [0.1, 0.15) is 37.2 Å². The Balaban J connectivity index is 2.13. The summed E-state index contributed by atoms with van der Waals surface area (Å²) >= 11 is 0. The molecule has 1 fully saturated rings. The zero-order valence-corrected chi connectivity index (χ0v) is 14.1. The molecule has 0 spiro atoms. The van der Waals surface area contributed by atoms with E-state index in [1.165, 1.54) is 11.5 Å². The lowest BCUT2D eigenvalue weighted by molar-refractivity contribution is -0.128. The standard InChI is InChI=1S/C17H20N4O4/c1-9-19-12-5-3-4-11(8-18-10(2)22)15(12)17(25)21(9)13-6-7-14(23)20-16(13)24/h3-5,13,16,24H,6-8H2,1-2H3,(H,18,22)(H,20,23). The smallest absolute Gasteiger partial charge is 0.262 e. The normalized spacial score (nSPS) is 20.4. The number of fused-ring (bicyclic) bond motifs is 1. The highest BCUT2D eigenvalue weighted by molar-refractivity contribution is 5.82. The number of hydrogen-bond acceptors (Lipinski definition) is 5. The Morgan fingerprint density at radius 3 is 2.88 bits per heavy atom. The van der Waals surface area contributed by atoms with Crippen LogP contribution >= 0.6 is 0 Å². The van der Waals surface area contributed by atoms with E-state index in [4.69, 9.17) is 0 Å². The van der Waals surface area contributed by atoms with E-state index in [1.807, 2.05) is 0 Å². The van der Waals surface area contributed by atoms with Crippen LogP contribution in [0, 0.1) is 6.92 Å². The number of rotatable bonds is 3. The molecule has 3 N–H and O–H groups in total. The Labute approximate surface area is 143 Å². The van der Waals surface area contributed by atoms with E-state index in [0.717, 1.165) is 0 Å². The number of nitrogens with one attached hydrogen (secondary N) is 2. The number of aromatic nitrogens is 2. The molecule has 25 heavy (non-hydrogen) atoms. The minimum Gasteiger partial charge on any atom is -0.372 e. The van der Waals surface area contributed by atoms with Crippen molar-refractivity contribution >= 4 is 22.7 Å². The fourth-order valence-electron chi connectivity index (χ4n) is 3.22. The minimum atomic E-state index is -1.14. The second-order valence-corrected chi connectivity index (χ2v) is 6.17. The number of carbonyl (C=O) groups excluding carboxylic acids is 2. The van der Waals surface area contributed by atoms with E-state index in [-0.39, 0.29) is 30.3 Å². The first-order valence-corrected chi connectivity index (χ1v) is 8.11. The molecule has 1 aliphatic heterocycles. The van der Waals surface area contributed by atoms with E-state index in [0.29, 0.717) is 28.7 Å². The zero-order chi connectivity index (χ0) is 18.1. The van der Waals surface area contributed by atoms with E-state index < -0.39 is 12.3 Å². The van der Waals surface area contributed by atoms with Crippen molar-refractivity contribution < 1.29 is 14.7 Å². The molecule has 2 atom stereocenters. The monoisotopic (exact) mass is 344 g/mol. The maximum atomic E-state index is 13.1. The summed E-state index contributed by atoms with van der Waals surface area (Å²) < 4.78 is 1.43. The minimum absolute atomic E-state index is 0.192. The van der Waals surface area contributed by atoms with Crippen molar-refractivity contribution in [1.29, 1.82) is 0 Å². The third-order valence-corrected chi connectivity index (χ3v) is 4.39. The average molecular weight is 344 g/mol. The summed E-state index contributed by atoms with van der Waals surface area (Å²) in [6.45, 7) is 3.33. The molecule has 2 amide bonds. The van der Waals surface area contributed by atoms with Crippen LogP contribution in [0.4, 0.5) is 0 Å². The third-order valence-electron chi connectivity index (χ3n) is 4.39. The molecule has 2 aromatic rings. The lowest BCUT2D eigenvalue weighted by Crippen LogP contribution is -2.48. The number of aliphatic hydroxyl groups is 1. The van der Waals surface area contributed by atoms with Gasteiger partial charge in [0, 0.05) is 19.9 Å². The van der Waals surface area contributed by atoms with Gasteiger partial charge in [-0.05, 0) is 25.0 Å². The Morgan fingerprint density at radius 2 is 2.20 bits per heavy atom. The summed E-state index contributed by atoms with van der Waals surface area (Å²) in [5.74, 6) is 0.0340. The molecule has 3 rings (SSSR count). The molecule has 132 valence electrons. The molecule has 1 aromatic heterocycles. The molecule has 2 unspecified atom stereocenters. The van der Waals surface area contributed by atoms with Gasteiger partial charge in [0.25, 0.3) is 5.56 Å². The molecule has 8 nitrogen and oxygen atoms in total. The van der Waals surface area contributed by atoms with E-state index >= 15 is 0 Å². The van der Waals surface area contributed by atoms with E-state index in [9.17, 15) is 19.5 Å². The quantitative estimate of drug-likeness (QED) is 0.731. The number of aliphatic hydroxyl groups excluding tert-OH is 1. The summed E-state index contributed by atoms with van der Waals surface area (Å²) in [6, 6.07) is 4.71.